The van der Waals surface area contributed by atoms with E-state index in [0.717, 1.165) is 5.56 Å². The third kappa shape index (κ3) is 3.19. The van der Waals surface area contributed by atoms with Crippen molar-refractivity contribution >= 4 is 43.5 Å². The maximum atomic E-state index is 12.0. The predicted molar refractivity (Wildman–Crippen MR) is 81.0 cm³/mol. The zero-order chi connectivity index (χ0) is 14.0. The molecule has 0 aliphatic rings. The van der Waals surface area contributed by atoms with Gasteiger partial charge >= 0.3 is 0 Å². The van der Waals surface area contributed by atoms with Gasteiger partial charge in [-0.2, -0.15) is 5.10 Å². The lowest BCUT2D eigenvalue weighted by Gasteiger charge is -2.10. The zero-order valence-electron chi connectivity index (χ0n) is 9.86. The average molecular weight is 408 g/mol. The molecule has 0 aliphatic heterocycles. The Labute approximate surface area is 131 Å². The summed E-state index contributed by atoms with van der Waals surface area (Å²) >= 11 is 12.4. The fourth-order valence-electron chi connectivity index (χ4n) is 1.59. The molecule has 0 saturated heterocycles. The third-order valence-electron chi connectivity index (χ3n) is 2.50. The number of halogens is 3. The fraction of sp³-hybridized carbons (Fsp3) is 0.167. The lowest BCUT2D eigenvalue weighted by molar-refractivity contribution is 0.406. The molecule has 2 aromatic rings. The van der Waals surface area contributed by atoms with E-state index >= 15 is 0 Å². The van der Waals surface area contributed by atoms with Crippen LogP contribution in [0.4, 0.5) is 0 Å². The summed E-state index contributed by atoms with van der Waals surface area (Å²) in [6, 6.07) is 5.25. The van der Waals surface area contributed by atoms with Gasteiger partial charge in [-0.3, -0.25) is 4.79 Å². The first-order valence-electron chi connectivity index (χ1n) is 5.26. The minimum absolute atomic E-state index is 0.226. The summed E-state index contributed by atoms with van der Waals surface area (Å²) in [4.78, 5) is 12.0. The van der Waals surface area contributed by atoms with E-state index in [1.54, 1.807) is 31.5 Å². The molecule has 1 heterocycles. The van der Waals surface area contributed by atoms with Gasteiger partial charge in [-0.15, -0.1) is 0 Å². The predicted octanol–water partition coefficient (Wildman–Crippen LogP) is 3.48. The number of benzene rings is 1. The van der Waals surface area contributed by atoms with Gasteiger partial charge in [-0.1, -0.05) is 11.6 Å². The van der Waals surface area contributed by atoms with Crippen LogP contribution in [0, 0.1) is 0 Å². The first kappa shape index (κ1) is 14.6. The first-order valence-corrected chi connectivity index (χ1v) is 7.23. The van der Waals surface area contributed by atoms with Crippen molar-refractivity contribution in [3.63, 3.8) is 0 Å². The number of aromatic nitrogens is 2. The van der Waals surface area contributed by atoms with Crippen LogP contribution in [0.25, 0.3) is 0 Å². The van der Waals surface area contributed by atoms with Gasteiger partial charge in [0.05, 0.1) is 24.3 Å². The molecular formula is C12H9Br2ClN2O2. The minimum Gasteiger partial charge on any atom is -0.496 e. The van der Waals surface area contributed by atoms with Crippen LogP contribution in [0.3, 0.4) is 0 Å². The van der Waals surface area contributed by atoms with Crippen molar-refractivity contribution in [2.45, 2.75) is 6.54 Å². The van der Waals surface area contributed by atoms with E-state index in [9.17, 15) is 4.79 Å². The second-order valence-electron chi connectivity index (χ2n) is 3.73. The molecule has 0 bridgehead atoms. The summed E-state index contributed by atoms with van der Waals surface area (Å²) in [6.45, 7) is 0.286. The average Bonchev–Trinajstić information content (AvgIpc) is 2.40. The van der Waals surface area contributed by atoms with Crippen LogP contribution in [-0.4, -0.2) is 16.9 Å². The maximum Gasteiger partial charge on any atom is 0.282 e. The summed E-state index contributed by atoms with van der Waals surface area (Å²) in [6.07, 6.45) is 1.56. The second kappa shape index (κ2) is 6.07. The van der Waals surface area contributed by atoms with Gasteiger partial charge in [0.2, 0.25) is 0 Å². The summed E-state index contributed by atoms with van der Waals surface area (Å²) < 4.78 is 7.63. The molecule has 0 fully saturated rings. The molecule has 100 valence electrons. The lowest BCUT2D eigenvalue weighted by Crippen LogP contribution is -2.24. The van der Waals surface area contributed by atoms with Gasteiger partial charge in [0.1, 0.15) is 10.2 Å². The van der Waals surface area contributed by atoms with Crippen molar-refractivity contribution in [3.8, 4) is 5.75 Å². The van der Waals surface area contributed by atoms with E-state index in [2.05, 4.69) is 37.0 Å². The molecule has 0 aliphatic carbocycles. The summed E-state index contributed by atoms with van der Waals surface area (Å²) in [5.41, 5.74) is 0.565. The molecule has 19 heavy (non-hydrogen) atoms. The second-order valence-corrected chi connectivity index (χ2v) is 5.81. The molecule has 0 N–H and O–H groups in total. The number of methoxy groups -OCH3 is 1. The Bertz CT molecular complexity index is 673. The normalized spacial score (nSPS) is 10.5. The Morgan fingerprint density at radius 1 is 1.42 bits per heavy atom. The van der Waals surface area contributed by atoms with Crippen LogP contribution in [0.5, 0.6) is 5.75 Å². The minimum atomic E-state index is -0.226. The molecule has 0 unspecified atom stereocenters. The van der Waals surface area contributed by atoms with E-state index in [0.29, 0.717) is 19.7 Å². The summed E-state index contributed by atoms with van der Waals surface area (Å²) in [7, 11) is 1.57. The smallest absolute Gasteiger partial charge is 0.282 e. The van der Waals surface area contributed by atoms with Gasteiger partial charge in [-0.05, 0) is 50.1 Å². The van der Waals surface area contributed by atoms with Crippen molar-refractivity contribution in [1.82, 2.24) is 9.78 Å². The molecule has 0 radical (unpaired) electrons. The van der Waals surface area contributed by atoms with Gasteiger partial charge in [-0.25, -0.2) is 4.68 Å². The summed E-state index contributed by atoms with van der Waals surface area (Å²) in [5, 5.41) is 4.65. The van der Waals surface area contributed by atoms with Gasteiger partial charge in [0.25, 0.3) is 5.56 Å². The Kier molecular flexibility index (Phi) is 4.65. The summed E-state index contributed by atoms with van der Waals surface area (Å²) in [5.74, 6) is 0.664. The highest BCUT2D eigenvalue weighted by atomic mass is 79.9. The standard InChI is InChI=1S/C12H9Br2ClN2O2/c1-19-10-3-2-8(15)4-7(10)6-17-12(18)11(14)9(13)5-16-17/h2-5H,6H2,1H3. The maximum absolute atomic E-state index is 12.0. The topological polar surface area (TPSA) is 44.1 Å². The Morgan fingerprint density at radius 3 is 2.84 bits per heavy atom. The molecule has 2 rings (SSSR count). The molecule has 1 aromatic carbocycles. The largest absolute Gasteiger partial charge is 0.496 e. The van der Waals surface area contributed by atoms with Crippen molar-refractivity contribution < 1.29 is 4.74 Å². The molecule has 0 saturated carbocycles. The van der Waals surface area contributed by atoms with E-state index in [-0.39, 0.29) is 12.1 Å². The van der Waals surface area contributed by atoms with Crippen molar-refractivity contribution in [2.75, 3.05) is 7.11 Å². The van der Waals surface area contributed by atoms with Gasteiger partial charge in [0.15, 0.2) is 0 Å². The fourth-order valence-corrected chi connectivity index (χ4v) is 2.35. The molecular weight excluding hydrogens is 399 g/mol. The van der Waals surface area contributed by atoms with Crippen molar-refractivity contribution in [1.29, 1.82) is 0 Å². The van der Waals surface area contributed by atoms with E-state index in [1.807, 2.05) is 0 Å². The van der Waals surface area contributed by atoms with Crippen LogP contribution in [-0.2, 0) is 6.54 Å². The molecule has 7 heteroatoms. The quantitative estimate of drug-likeness (QED) is 0.781. The lowest BCUT2D eigenvalue weighted by atomic mass is 10.2. The van der Waals surface area contributed by atoms with Crippen LogP contribution in [0.2, 0.25) is 5.02 Å². The molecule has 1 aromatic heterocycles. The van der Waals surface area contributed by atoms with E-state index < -0.39 is 0 Å². The SMILES string of the molecule is COc1ccc(Cl)cc1Cn1ncc(Br)c(Br)c1=O. The highest BCUT2D eigenvalue weighted by molar-refractivity contribution is 9.13. The van der Waals surface area contributed by atoms with Gasteiger partial charge < -0.3 is 4.74 Å². The first-order chi connectivity index (χ1) is 9.02. The van der Waals surface area contributed by atoms with E-state index in [4.69, 9.17) is 16.3 Å². The van der Waals surface area contributed by atoms with Crippen LogP contribution in [0.1, 0.15) is 5.56 Å². The number of hydrogen-bond donors (Lipinski definition) is 0. The number of nitrogens with zero attached hydrogens (tertiary/aromatic N) is 2. The molecule has 0 amide bonds. The number of hydrogen-bond acceptors (Lipinski definition) is 3. The van der Waals surface area contributed by atoms with Gasteiger partial charge in [0, 0.05) is 10.6 Å². The van der Waals surface area contributed by atoms with Crippen LogP contribution in [0.15, 0.2) is 38.1 Å². The molecule has 0 spiro atoms. The Hall–Kier alpha value is -0.850. The van der Waals surface area contributed by atoms with Crippen LogP contribution >= 0.6 is 43.5 Å². The molecule has 0 atom stereocenters. The Morgan fingerprint density at radius 2 is 2.16 bits per heavy atom. The van der Waals surface area contributed by atoms with Crippen molar-refractivity contribution in [2.24, 2.45) is 0 Å². The number of ether oxygens (including phenoxy) is 1. The Balaban J connectivity index is 2.44. The monoisotopic (exact) mass is 406 g/mol. The highest BCUT2D eigenvalue weighted by Crippen LogP contribution is 2.23. The van der Waals surface area contributed by atoms with E-state index in [1.165, 1.54) is 4.68 Å². The highest BCUT2D eigenvalue weighted by Gasteiger charge is 2.10. The van der Waals surface area contributed by atoms with Crippen LogP contribution < -0.4 is 10.3 Å². The number of rotatable bonds is 3. The zero-order valence-corrected chi connectivity index (χ0v) is 13.8. The molecule has 4 nitrogen and oxygen atoms in total. The van der Waals surface area contributed by atoms with Crippen molar-refractivity contribution in [3.05, 3.63) is 54.3 Å². The third-order valence-corrected chi connectivity index (χ3v) is 4.64.